The van der Waals surface area contributed by atoms with Crippen molar-refractivity contribution in [3.8, 4) is 0 Å². The van der Waals surface area contributed by atoms with Gasteiger partial charge in [-0.3, -0.25) is 0 Å². The fraction of sp³-hybridized carbons (Fsp3) is 0.750. The minimum absolute atomic E-state index is 0.362. The molecule has 0 aromatic carbocycles. The molecule has 0 aliphatic carbocycles. The maximum Gasteiger partial charge on any atom is 0.233 e. The van der Waals surface area contributed by atoms with Crippen LogP contribution in [0.15, 0.2) is 0 Å². The van der Waals surface area contributed by atoms with E-state index in [4.69, 9.17) is 5.73 Å². The molecule has 0 aliphatic heterocycles. The van der Waals surface area contributed by atoms with Gasteiger partial charge in [0.2, 0.25) is 11.1 Å². The highest BCUT2D eigenvalue weighted by atomic mass is 32.1. The predicted molar refractivity (Wildman–Crippen MR) is 57.0 cm³/mol. The highest BCUT2D eigenvalue weighted by molar-refractivity contribution is 7.09. The number of nitrogens with two attached hydrogens (primary N) is 1. The van der Waals surface area contributed by atoms with Crippen LogP contribution in [0.25, 0.3) is 0 Å². The molecule has 1 heterocycles. The van der Waals surface area contributed by atoms with Gasteiger partial charge >= 0.3 is 0 Å². The van der Waals surface area contributed by atoms with E-state index in [9.17, 15) is 0 Å². The number of unbranched alkanes of at least 4 members (excludes halogenated alkanes) is 3. The zero-order valence-corrected chi connectivity index (χ0v) is 8.73. The van der Waals surface area contributed by atoms with Crippen LogP contribution in [0.5, 0.6) is 0 Å². The van der Waals surface area contributed by atoms with Gasteiger partial charge in [-0.15, -0.1) is 0 Å². The van der Waals surface area contributed by atoms with Crippen molar-refractivity contribution >= 4 is 22.6 Å². The highest BCUT2D eigenvalue weighted by Crippen LogP contribution is 2.11. The van der Waals surface area contributed by atoms with Crippen LogP contribution in [-0.4, -0.2) is 15.9 Å². The van der Waals surface area contributed by atoms with Crippen molar-refractivity contribution in [1.82, 2.24) is 9.36 Å². The highest BCUT2D eigenvalue weighted by Gasteiger charge is 1.97. The maximum absolute atomic E-state index is 5.38. The van der Waals surface area contributed by atoms with E-state index < -0.39 is 0 Å². The molecule has 1 aromatic rings. The lowest BCUT2D eigenvalue weighted by Gasteiger charge is -2.00. The third kappa shape index (κ3) is 4.07. The van der Waals surface area contributed by atoms with Crippen LogP contribution >= 0.6 is 11.5 Å². The van der Waals surface area contributed by atoms with Crippen LogP contribution in [0.4, 0.5) is 11.1 Å². The number of nitrogens with one attached hydrogen (secondary N) is 1. The summed E-state index contributed by atoms with van der Waals surface area (Å²) in [6.07, 6.45) is 5.04. The third-order valence-electron chi connectivity index (χ3n) is 1.75. The average molecular weight is 200 g/mol. The summed E-state index contributed by atoms with van der Waals surface area (Å²) in [5.41, 5.74) is 5.38. The summed E-state index contributed by atoms with van der Waals surface area (Å²) in [5, 5.41) is 4.02. The monoisotopic (exact) mass is 200 g/mol. The molecule has 1 rings (SSSR count). The average Bonchev–Trinajstić information content (AvgIpc) is 2.51. The van der Waals surface area contributed by atoms with Gasteiger partial charge in [0, 0.05) is 18.1 Å². The first-order chi connectivity index (χ1) is 6.33. The number of aromatic nitrogens is 2. The standard InChI is InChI=1S/C8H16N4S/c1-2-3-4-5-6-10-8-11-7(9)12-13-8/h2-6H2,1H3,(H3,9,10,11,12). The Morgan fingerprint density at radius 1 is 1.38 bits per heavy atom. The second-order valence-electron chi connectivity index (χ2n) is 2.95. The molecule has 0 bridgehead atoms. The van der Waals surface area contributed by atoms with E-state index in [0.717, 1.165) is 11.7 Å². The quantitative estimate of drug-likeness (QED) is 0.690. The number of nitrogens with zero attached hydrogens (tertiary/aromatic N) is 2. The Kier molecular flexibility index (Phi) is 4.53. The van der Waals surface area contributed by atoms with Crippen LogP contribution < -0.4 is 11.1 Å². The summed E-state index contributed by atoms with van der Waals surface area (Å²) in [5.74, 6) is 0.362. The number of rotatable bonds is 6. The number of nitrogen functional groups attached to an aromatic ring is 1. The summed E-state index contributed by atoms with van der Waals surface area (Å²) in [6.45, 7) is 3.17. The summed E-state index contributed by atoms with van der Waals surface area (Å²) < 4.78 is 3.88. The lowest BCUT2D eigenvalue weighted by atomic mass is 10.2. The van der Waals surface area contributed by atoms with Crippen LogP contribution in [0.1, 0.15) is 32.6 Å². The Labute approximate surface area is 82.7 Å². The molecule has 0 saturated carbocycles. The summed E-state index contributed by atoms with van der Waals surface area (Å²) in [6, 6.07) is 0. The van der Waals surface area contributed by atoms with E-state index in [-0.39, 0.29) is 0 Å². The zero-order chi connectivity index (χ0) is 9.52. The molecule has 0 fully saturated rings. The maximum atomic E-state index is 5.38. The van der Waals surface area contributed by atoms with Crippen molar-refractivity contribution in [2.45, 2.75) is 32.6 Å². The molecule has 0 spiro atoms. The SMILES string of the molecule is CCCCCCNc1nc(N)ns1. The smallest absolute Gasteiger partial charge is 0.233 e. The van der Waals surface area contributed by atoms with Gasteiger partial charge in [0.15, 0.2) is 0 Å². The molecule has 0 radical (unpaired) electrons. The number of hydrogen-bond acceptors (Lipinski definition) is 5. The zero-order valence-electron chi connectivity index (χ0n) is 7.92. The number of hydrogen-bond donors (Lipinski definition) is 2. The molecule has 5 heteroatoms. The molecule has 0 unspecified atom stereocenters. The minimum atomic E-state index is 0.362. The molecule has 3 N–H and O–H groups in total. The largest absolute Gasteiger partial charge is 0.367 e. The van der Waals surface area contributed by atoms with E-state index in [1.807, 2.05) is 0 Å². The van der Waals surface area contributed by atoms with E-state index in [1.165, 1.54) is 37.2 Å². The van der Waals surface area contributed by atoms with Crippen molar-refractivity contribution < 1.29 is 0 Å². The van der Waals surface area contributed by atoms with Gasteiger partial charge in [-0.2, -0.15) is 9.36 Å². The Balaban J connectivity index is 2.06. The molecule has 4 nitrogen and oxygen atoms in total. The summed E-state index contributed by atoms with van der Waals surface area (Å²) in [7, 11) is 0. The van der Waals surface area contributed by atoms with Crippen molar-refractivity contribution in [2.24, 2.45) is 0 Å². The number of anilines is 2. The summed E-state index contributed by atoms with van der Waals surface area (Å²) >= 11 is 1.32. The van der Waals surface area contributed by atoms with E-state index in [1.54, 1.807) is 0 Å². The van der Waals surface area contributed by atoms with Gasteiger partial charge in [0.1, 0.15) is 0 Å². The molecule has 13 heavy (non-hydrogen) atoms. The first kappa shape index (κ1) is 10.2. The van der Waals surface area contributed by atoms with Crippen LogP contribution in [0.3, 0.4) is 0 Å². The van der Waals surface area contributed by atoms with Gasteiger partial charge in [-0.1, -0.05) is 26.2 Å². The molecule has 0 aliphatic rings. The van der Waals surface area contributed by atoms with E-state index in [0.29, 0.717) is 5.95 Å². The summed E-state index contributed by atoms with van der Waals surface area (Å²) in [4.78, 5) is 4.00. The van der Waals surface area contributed by atoms with Gasteiger partial charge in [0.05, 0.1) is 0 Å². The molecule has 0 atom stereocenters. The Bertz CT molecular complexity index is 236. The molecule has 1 aromatic heterocycles. The molecular weight excluding hydrogens is 184 g/mol. The Morgan fingerprint density at radius 3 is 2.85 bits per heavy atom. The molecule has 0 amide bonds. The van der Waals surface area contributed by atoms with Crippen molar-refractivity contribution in [2.75, 3.05) is 17.6 Å². The van der Waals surface area contributed by atoms with Gasteiger partial charge < -0.3 is 11.1 Å². The van der Waals surface area contributed by atoms with E-state index >= 15 is 0 Å². The Morgan fingerprint density at radius 2 is 2.23 bits per heavy atom. The van der Waals surface area contributed by atoms with Gasteiger partial charge in [0.25, 0.3) is 0 Å². The lowest BCUT2D eigenvalue weighted by molar-refractivity contribution is 0.685. The normalized spacial score (nSPS) is 10.2. The minimum Gasteiger partial charge on any atom is -0.367 e. The fourth-order valence-electron chi connectivity index (χ4n) is 1.05. The second kappa shape index (κ2) is 5.75. The molecular formula is C8H16N4S. The first-order valence-electron chi connectivity index (χ1n) is 4.66. The van der Waals surface area contributed by atoms with Crippen LogP contribution in [0.2, 0.25) is 0 Å². The van der Waals surface area contributed by atoms with Crippen molar-refractivity contribution in [3.05, 3.63) is 0 Å². The third-order valence-corrected chi connectivity index (χ3v) is 2.44. The van der Waals surface area contributed by atoms with Crippen molar-refractivity contribution in [3.63, 3.8) is 0 Å². The molecule has 0 saturated heterocycles. The Hall–Kier alpha value is -0.840. The fourth-order valence-corrected chi connectivity index (χ4v) is 1.58. The van der Waals surface area contributed by atoms with Gasteiger partial charge in [-0.25, -0.2) is 0 Å². The van der Waals surface area contributed by atoms with E-state index in [2.05, 4.69) is 21.6 Å². The van der Waals surface area contributed by atoms with Crippen LogP contribution in [0, 0.1) is 0 Å². The van der Waals surface area contributed by atoms with Crippen LogP contribution in [-0.2, 0) is 0 Å². The topological polar surface area (TPSA) is 63.8 Å². The first-order valence-corrected chi connectivity index (χ1v) is 5.43. The molecule has 74 valence electrons. The second-order valence-corrected chi connectivity index (χ2v) is 3.70. The van der Waals surface area contributed by atoms with Crippen molar-refractivity contribution in [1.29, 1.82) is 0 Å². The predicted octanol–water partition coefficient (Wildman–Crippen LogP) is 2.11. The van der Waals surface area contributed by atoms with Gasteiger partial charge in [-0.05, 0) is 6.42 Å². The lowest BCUT2D eigenvalue weighted by Crippen LogP contribution is -2.00.